The minimum Gasteiger partial charge on any atom is -0.492 e. The van der Waals surface area contributed by atoms with Crippen molar-refractivity contribution in [3.63, 3.8) is 0 Å². The van der Waals surface area contributed by atoms with Gasteiger partial charge in [-0.15, -0.1) is 0 Å². The molecule has 0 aliphatic carbocycles. The fourth-order valence-corrected chi connectivity index (χ4v) is 4.93. The molecule has 0 radical (unpaired) electrons. The van der Waals surface area contributed by atoms with E-state index in [9.17, 15) is 13.2 Å². The molecule has 0 aromatic heterocycles. The lowest BCUT2D eigenvalue weighted by molar-refractivity contribution is -0.128. The zero-order valence-electron chi connectivity index (χ0n) is 18.0. The molecule has 168 valence electrons. The van der Waals surface area contributed by atoms with Gasteiger partial charge in [-0.05, 0) is 68.1 Å². The first kappa shape index (κ1) is 23.1. The molecule has 1 saturated heterocycles. The first-order valence-corrected chi connectivity index (χ1v) is 12.1. The number of nitrogens with one attached hydrogen (secondary N) is 1. The summed E-state index contributed by atoms with van der Waals surface area (Å²) in [6, 6.07) is 14.0. The topological polar surface area (TPSA) is 84.9 Å². The average Bonchev–Trinajstić information content (AvgIpc) is 3.31. The summed E-state index contributed by atoms with van der Waals surface area (Å²) in [5, 5.41) is 2.82. The van der Waals surface area contributed by atoms with Crippen LogP contribution in [0.3, 0.4) is 0 Å². The number of sulfonamides is 1. The Hall–Kier alpha value is -2.58. The molecule has 1 N–H and O–H groups in total. The Labute approximate surface area is 184 Å². The van der Waals surface area contributed by atoms with Crippen molar-refractivity contribution < 1.29 is 22.7 Å². The molecule has 1 heterocycles. The molecular weight excluding hydrogens is 416 g/mol. The predicted octanol–water partition coefficient (Wildman–Crippen LogP) is 3.13. The van der Waals surface area contributed by atoms with Crippen molar-refractivity contribution in [1.29, 1.82) is 0 Å². The fraction of sp³-hybridized carbons (Fsp3) is 0.435. The van der Waals surface area contributed by atoms with Crippen molar-refractivity contribution in [3.05, 3.63) is 54.1 Å². The van der Waals surface area contributed by atoms with Gasteiger partial charge in [0, 0.05) is 13.1 Å². The van der Waals surface area contributed by atoms with E-state index in [0.717, 1.165) is 18.4 Å². The van der Waals surface area contributed by atoms with Crippen LogP contribution in [0.2, 0.25) is 0 Å². The Morgan fingerprint density at radius 1 is 1.10 bits per heavy atom. The van der Waals surface area contributed by atoms with Crippen molar-refractivity contribution in [2.24, 2.45) is 0 Å². The molecule has 1 aliphatic heterocycles. The van der Waals surface area contributed by atoms with Crippen LogP contribution in [0.15, 0.2) is 53.4 Å². The van der Waals surface area contributed by atoms with Gasteiger partial charge in [0.2, 0.25) is 10.0 Å². The summed E-state index contributed by atoms with van der Waals surface area (Å²) in [4.78, 5) is 12.7. The molecular formula is C23H30N2O5S. The van der Waals surface area contributed by atoms with Crippen LogP contribution in [0, 0.1) is 6.92 Å². The molecule has 0 unspecified atom stereocenters. The summed E-state index contributed by atoms with van der Waals surface area (Å²) in [6.07, 6.45) is 1.78. The van der Waals surface area contributed by atoms with Gasteiger partial charge in [0.1, 0.15) is 18.1 Å². The highest BCUT2D eigenvalue weighted by Gasteiger charge is 2.27. The van der Waals surface area contributed by atoms with E-state index >= 15 is 0 Å². The first-order chi connectivity index (χ1) is 14.9. The summed E-state index contributed by atoms with van der Waals surface area (Å²) in [5.74, 6) is 1.03. The Bertz CT molecular complexity index is 970. The van der Waals surface area contributed by atoms with E-state index in [-0.39, 0.29) is 17.4 Å². The average molecular weight is 447 g/mol. The monoisotopic (exact) mass is 446 g/mol. The van der Waals surface area contributed by atoms with Crippen LogP contribution in [0.5, 0.6) is 11.5 Å². The second-order valence-corrected chi connectivity index (χ2v) is 9.49. The highest BCUT2D eigenvalue weighted by Crippen LogP contribution is 2.23. The van der Waals surface area contributed by atoms with Gasteiger partial charge in [0.05, 0.1) is 11.4 Å². The number of benzene rings is 2. The highest BCUT2D eigenvalue weighted by atomic mass is 32.2. The van der Waals surface area contributed by atoms with Gasteiger partial charge in [0.25, 0.3) is 5.91 Å². The van der Waals surface area contributed by atoms with E-state index < -0.39 is 16.1 Å². The number of amides is 1. The van der Waals surface area contributed by atoms with Crippen molar-refractivity contribution in [2.75, 3.05) is 26.2 Å². The van der Waals surface area contributed by atoms with E-state index in [4.69, 9.17) is 9.47 Å². The quantitative estimate of drug-likeness (QED) is 0.567. The standard InChI is InChI=1S/C23H30N2O5S/c1-3-22(30-20-8-6-7-18(2)17-20)23(26)24-13-16-29-19-9-11-21(12-10-19)31(27,28)25-14-4-5-15-25/h6-12,17,22H,3-5,13-16H2,1-2H3,(H,24,26)/t22-/m0/s1. The Morgan fingerprint density at radius 3 is 2.45 bits per heavy atom. The third-order valence-corrected chi connectivity index (χ3v) is 7.04. The van der Waals surface area contributed by atoms with E-state index in [0.29, 0.717) is 37.6 Å². The largest absolute Gasteiger partial charge is 0.492 e. The maximum Gasteiger partial charge on any atom is 0.261 e. The lowest BCUT2D eigenvalue weighted by atomic mass is 10.2. The van der Waals surface area contributed by atoms with Crippen LogP contribution in [0.4, 0.5) is 0 Å². The number of nitrogens with zero attached hydrogens (tertiary/aromatic N) is 1. The zero-order chi connectivity index (χ0) is 22.3. The smallest absolute Gasteiger partial charge is 0.261 e. The van der Waals surface area contributed by atoms with Crippen LogP contribution in [0.25, 0.3) is 0 Å². The number of carbonyl (C=O) groups is 1. The maximum atomic E-state index is 12.5. The van der Waals surface area contributed by atoms with Gasteiger partial charge in [-0.3, -0.25) is 4.79 Å². The van der Waals surface area contributed by atoms with E-state index in [1.54, 1.807) is 24.3 Å². The molecule has 8 heteroatoms. The minimum atomic E-state index is -3.43. The van der Waals surface area contributed by atoms with Crippen molar-refractivity contribution >= 4 is 15.9 Å². The fourth-order valence-electron chi connectivity index (χ4n) is 3.42. The highest BCUT2D eigenvalue weighted by molar-refractivity contribution is 7.89. The lowest BCUT2D eigenvalue weighted by Gasteiger charge is -2.18. The first-order valence-electron chi connectivity index (χ1n) is 10.6. The number of carbonyl (C=O) groups excluding carboxylic acids is 1. The van der Waals surface area contributed by atoms with Crippen LogP contribution < -0.4 is 14.8 Å². The van der Waals surface area contributed by atoms with Gasteiger partial charge >= 0.3 is 0 Å². The van der Waals surface area contributed by atoms with Crippen LogP contribution in [-0.4, -0.2) is 51.0 Å². The minimum absolute atomic E-state index is 0.195. The summed E-state index contributed by atoms with van der Waals surface area (Å²) < 4.78 is 38.0. The molecule has 1 atom stereocenters. The number of hydrogen-bond donors (Lipinski definition) is 1. The maximum absolute atomic E-state index is 12.5. The number of ether oxygens (including phenoxy) is 2. The van der Waals surface area contributed by atoms with Gasteiger partial charge in [-0.25, -0.2) is 8.42 Å². The van der Waals surface area contributed by atoms with Crippen molar-refractivity contribution in [3.8, 4) is 11.5 Å². The second-order valence-electron chi connectivity index (χ2n) is 7.55. The molecule has 3 rings (SSSR count). The van der Waals surface area contributed by atoms with Gasteiger partial charge in [-0.2, -0.15) is 4.31 Å². The Kier molecular flexibility index (Phi) is 7.92. The summed E-state index contributed by atoms with van der Waals surface area (Å²) in [7, 11) is -3.43. The van der Waals surface area contributed by atoms with Gasteiger partial charge in [-0.1, -0.05) is 19.1 Å². The summed E-state index contributed by atoms with van der Waals surface area (Å²) in [6.45, 7) is 5.61. The molecule has 1 fully saturated rings. The third kappa shape index (κ3) is 6.21. The Morgan fingerprint density at radius 2 is 1.81 bits per heavy atom. The second kappa shape index (κ2) is 10.6. The summed E-state index contributed by atoms with van der Waals surface area (Å²) in [5.41, 5.74) is 1.07. The van der Waals surface area contributed by atoms with Crippen molar-refractivity contribution in [1.82, 2.24) is 9.62 Å². The SMILES string of the molecule is CC[C@H](Oc1cccc(C)c1)C(=O)NCCOc1ccc(S(=O)(=O)N2CCCC2)cc1. The molecule has 2 aromatic rings. The molecule has 7 nitrogen and oxygen atoms in total. The number of hydrogen-bond acceptors (Lipinski definition) is 5. The van der Waals surface area contributed by atoms with Crippen LogP contribution in [-0.2, 0) is 14.8 Å². The van der Waals surface area contributed by atoms with Crippen LogP contribution in [0.1, 0.15) is 31.7 Å². The van der Waals surface area contributed by atoms with Gasteiger partial charge in [0.15, 0.2) is 6.10 Å². The van der Waals surface area contributed by atoms with Crippen molar-refractivity contribution in [2.45, 2.75) is 44.1 Å². The molecule has 1 amide bonds. The molecule has 2 aromatic carbocycles. The molecule has 0 saturated carbocycles. The van der Waals surface area contributed by atoms with E-state index in [2.05, 4.69) is 5.32 Å². The predicted molar refractivity (Wildman–Crippen MR) is 119 cm³/mol. The zero-order valence-corrected chi connectivity index (χ0v) is 18.9. The molecule has 1 aliphatic rings. The normalized spacial score (nSPS) is 15.4. The molecule has 31 heavy (non-hydrogen) atoms. The van der Waals surface area contributed by atoms with Crippen LogP contribution >= 0.6 is 0 Å². The molecule has 0 spiro atoms. The summed E-state index contributed by atoms with van der Waals surface area (Å²) >= 11 is 0. The number of rotatable bonds is 10. The lowest BCUT2D eigenvalue weighted by Crippen LogP contribution is -2.39. The van der Waals surface area contributed by atoms with Gasteiger partial charge < -0.3 is 14.8 Å². The Balaban J connectivity index is 1.45. The van der Waals surface area contributed by atoms with E-state index in [1.807, 2.05) is 38.1 Å². The van der Waals surface area contributed by atoms with E-state index in [1.165, 1.54) is 4.31 Å². The third-order valence-electron chi connectivity index (χ3n) is 5.13. The number of aryl methyl sites for hydroxylation is 1. The molecule has 0 bridgehead atoms.